The smallest absolute Gasteiger partial charge is 0.235 e. The van der Waals surface area contributed by atoms with Crippen LogP contribution in [0.2, 0.25) is 0 Å². The third kappa shape index (κ3) is 2.03. The zero-order chi connectivity index (χ0) is 14.4. The maximum atomic E-state index is 4.63. The maximum Gasteiger partial charge on any atom is 0.235 e. The second-order valence-corrected chi connectivity index (χ2v) is 6.65. The second kappa shape index (κ2) is 4.68. The Labute approximate surface area is 128 Å². The van der Waals surface area contributed by atoms with Gasteiger partial charge in [-0.3, -0.25) is 4.98 Å². The summed E-state index contributed by atoms with van der Waals surface area (Å²) < 4.78 is 1.75. The molecular formula is C13H10N6S2. The summed E-state index contributed by atoms with van der Waals surface area (Å²) in [5.74, 6) is 0.659. The van der Waals surface area contributed by atoms with Crippen LogP contribution in [0.15, 0.2) is 24.4 Å². The average molecular weight is 314 g/mol. The quantitative estimate of drug-likeness (QED) is 0.569. The molecule has 21 heavy (non-hydrogen) atoms. The molecule has 4 aromatic heterocycles. The van der Waals surface area contributed by atoms with E-state index in [0.717, 1.165) is 31.2 Å². The molecule has 6 nitrogen and oxygen atoms in total. The molecule has 0 aliphatic heterocycles. The van der Waals surface area contributed by atoms with Crippen LogP contribution in [0.1, 0.15) is 10.7 Å². The van der Waals surface area contributed by atoms with Crippen molar-refractivity contribution in [3.05, 3.63) is 35.1 Å². The Morgan fingerprint density at radius 3 is 2.71 bits per heavy atom. The van der Waals surface area contributed by atoms with Gasteiger partial charge < -0.3 is 0 Å². The lowest BCUT2D eigenvalue weighted by atomic mass is 10.3. The highest BCUT2D eigenvalue weighted by Gasteiger charge is 2.17. The molecule has 4 aromatic rings. The van der Waals surface area contributed by atoms with Crippen molar-refractivity contribution >= 4 is 27.6 Å². The van der Waals surface area contributed by atoms with Crippen molar-refractivity contribution in [3.63, 3.8) is 0 Å². The first kappa shape index (κ1) is 12.5. The van der Waals surface area contributed by atoms with Gasteiger partial charge in [0.1, 0.15) is 5.69 Å². The number of aromatic nitrogens is 6. The zero-order valence-electron chi connectivity index (χ0n) is 11.3. The number of aryl methyl sites for hydroxylation is 2. The number of fused-ring (bicyclic) bond motifs is 1. The molecule has 0 saturated heterocycles. The van der Waals surface area contributed by atoms with Crippen molar-refractivity contribution in [1.29, 1.82) is 0 Å². The van der Waals surface area contributed by atoms with Gasteiger partial charge in [0.25, 0.3) is 0 Å². The molecule has 4 heterocycles. The summed E-state index contributed by atoms with van der Waals surface area (Å²) >= 11 is 3.16. The number of nitrogens with zero attached hydrogens (tertiary/aromatic N) is 6. The van der Waals surface area contributed by atoms with Crippen LogP contribution in [0.5, 0.6) is 0 Å². The lowest BCUT2D eigenvalue weighted by molar-refractivity contribution is 0.962. The van der Waals surface area contributed by atoms with Gasteiger partial charge in [-0.1, -0.05) is 17.4 Å². The fraction of sp³-hybridized carbons (Fsp3) is 0.154. The topological polar surface area (TPSA) is 68.9 Å². The summed E-state index contributed by atoms with van der Waals surface area (Å²) in [6.07, 6.45) is 1.74. The van der Waals surface area contributed by atoms with Crippen LogP contribution in [0, 0.1) is 13.8 Å². The molecule has 0 saturated carbocycles. The molecule has 0 fully saturated rings. The van der Waals surface area contributed by atoms with Gasteiger partial charge in [0.05, 0.1) is 15.6 Å². The molecule has 8 heteroatoms. The van der Waals surface area contributed by atoms with E-state index in [1.165, 1.54) is 11.3 Å². The molecule has 0 unspecified atom stereocenters. The number of hydrogen-bond acceptors (Lipinski definition) is 7. The van der Waals surface area contributed by atoms with E-state index in [1.807, 2.05) is 32.0 Å². The Morgan fingerprint density at radius 2 is 2.00 bits per heavy atom. The number of hydrogen-bond donors (Lipinski definition) is 0. The minimum absolute atomic E-state index is 0.659. The van der Waals surface area contributed by atoms with Crippen molar-refractivity contribution in [1.82, 2.24) is 29.8 Å². The zero-order valence-corrected chi connectivity index (χ0v) is 12.9. The first-order valence-electron chi connectivity index (χ1n) is 6.30. The summed E-state index contributed by atoms with van der Waals surface area (Å²) in [5, 5.41) is 15.0. The summed E-state index contributed by atoms with van der Waals surface area (Å²) in [5.41, 5.74) is 1.76. The Hall–Kier alpha value is -2.19. The van der Waals surface area contributed by atoms with Crippen LogP contribution in [0.25, 0.3) is 26.4 Å². The van der Waals surface area contributed by atoms with E-state index in [0.29, 0.717) is 5.82 Å². The van der Waals surface area contributed by atoms with Crippen LogP contribution in [-0.4, -0.2) is 29.8 Å². The van der Waals surface area contributed by atoms with Gasteiger partial charge in [-0.05, 0) is 26.0 Å². The van der Waals surface area contributed by atoms with Crippen LogP contribution < -0.4 is 0 Å². The Morgan fingerprint density at radius 1 is 1.10 bits per heavy atom. The Kier molecular flexibility index (Phi) is 2.79. The lowest BCUT2D eigenvalue weighted by Crippen LogP contribution is -1.92. The fourth-order valence-electron chi connectivity index (χ4n) is 2.09. The van der Waals surface area contributed by atoms with Crippen LogP contribution in [0.4, 0.5) is 0 Å². The van der Waals surface area contributed by atoms with E-state index in [-0.39, 0.29) is 0 Å². The summed E-state index contributed by atoms with van der Waals surface area (Å²) in [6, 6.07) is 5.70. The maximum absolute atomic E-state index is 4.63. The standard InChI is InChI=1S/C13H10N6S2/c1-7-10(20-8(2)15-7)12-18-19-11(16-17-13(19)21-12)9-5-3-4-6-14-9/h3-6H,1-2H3. The van der Waals surface area contributed by atoms with Crippen LogP contribution >= 0.6 is 22.7 Å². The summed E-state index contributed by atoms with van der Waals surface area (Å²) in [4.78, 5) is 10.6. The summed E-state index contributed by atoms with van der Waals surface area (Å²) in [6.45, 7) is 4.00. The van der Waals surface area contributed by atoms with Crippen LogP contribution in [-0.2, 0) is 0 Å². The average Bonchev–Trinajstić information content (AvgIpc) is 3.13. The van der Waals surface area contributed by atoms with E-state index in [9.17, 15) is 0 Å². The SMILES string of the molecule is Cc1nc(C)c(-c2nn3c(-c4ccccn4)nnc3s2)s1. The molecule has 0 aliphatic rings. The van der Waals surface area contributed by atoms with Gasteiger partial charge in [0.15, 0.2) is 5.01 Å². The van der Waals surface area contributed by atoms with Gasteiger partial charge in [-0.25, -0.2) is 4.98 Å². The highest BCUT2D eigenvalue weighted by molar-refractivity contribution is 7.24. The highest BCUT2D eigenvalue weighted by atomic mass is 32.1. The van der Waals surface area contributed by atoms with E-state index in [2.05, 4.69) is 25.3 Å². The molecular weight excluding hydrogens is 304 g/mol. The van der Waals surface area contributed by atoms with Gasteiger partial charge in [0.2, 0.25) is 10.8 Å². The van der Waals surface area contributed by atoms with Crippen molar-refractivity contribution in [2.24, 2.45) is 0 Å². The Bertz CT molecular complexity index is 921. The summed E-state index contributed by atoms with van der Waals surface area (Å²) in [7, 11) is 0. The molecule has 104 valence electrons. The van der Waals surface area contributed by atoms with Crippen molar-refractivity contribution < 1.29 is 0 Å². The molecule has 0 radical (unpaired) electrons. The van der Waals surface area contributed by atoms with Crippen molar-refractivity contribution in [2.75, 3.05) is 0 Å². The van der Waals surface area contributed by atoms with Gasteiger partial charge in [-0.15, -0.1) is 21.5 Å². The molecule has 4 rings (SSSR count). The third-order valence-corrected chi connectivity index (χ3v) is 5.11. The monoisotopic (exact) mass is 314 g/mol. The van der Waals surface area contributed by atoms with Crippen molar-refractivity contribution in [3.8, 4) is 21.4 Å². The normalized spacial score (nSPS) is 11.3. The Balaban J connectivity index is 1.88. The number of rotatable bonds is 2. The fourth-order valence-corrected chi connectivity index (χ4v) is 3.97. The molecule has 0 N–H and O–H groups in total. The van der Waals surface area contributed by atoms with Gasteiger partial charge in [0, 0.05) is 6.20 Å². The molecule has 0 amide bonds. The minimum Gasteiger partial charge on any atom is -0.253 e. The largest absolute Gasteiger partial charge is 0.253 e. The first-order valence-corrected chi connectivity index (χ1v) is 7.94. The highest BCUT2D eigenvalue weighted by Crippen LogP contribution is 2.33. The van der Waals surface area contributed by atoms with Crippen molar-refractivity contribution in [2.45, 2.75) is 13.8 Å². The number of pyridine rings is 1. The van der Waals surface area contributed by atoms with Crippen LogP contribution in [0.3, 0.4) is 0 Å². The lowest BCUT2D eigenvalue weighted by Gasteiger charge is -1.94. The van der Waals surface area contributed by atoms with E-state index in [4.69, 9.17) is 0 Å². The molecule has 0 aliphatic carbocycles. The van der Waals surface area contributed by atoms with E-state index >= 15 is 0 Å². The van der Waals surface area contributed by atoms with E-state index in [1.54, 1.807) is 22.0 Å². The first-order chi connectivity index (χ1) is 10.2. The predicted octanol–water partition coefficient (Wildman–Crippen LogP) is 2.99. The second-order valence-electron chi connectivity index (χ2n) is 4.49. The predicted molar refractivity (Wildman–Crippen MR) is 82.5 cm³/mol. The molecule has 0 bridgehead atoms. The molecule has 0 atom stereocenters. The molecule has 0 aromatic carbocycles. The van der Waals surface area contributed by atoms with Gasteiger partial charge >= 0.3 is 0 Å². The van der Waals surface area contributed by atoms with E-state index < -0.39 is 0 Å². The third-order valence-electron chi connectivity index (χ3n) is 2.98. The minimum atomic E-state index is 0.659. The van der Waals surface area contributed by atoms with Gasteiger partial charge in [-0.2, -0.15) is 9.61 Å². The molecule has 0 spiro atoms. The number of thiazole rings is 1.